The molecule has 1 aromatic carbocycles. The molecule has 0 bridgehead atoms. The van der Waals surface area contributed by atoms with Crippen LogP contribution in [-0.2, 0) is 4.74 Å². The lowest BCUT2D eigenvalue weighted by Crippen LogP contribution is -2.13. The molecule has 1 aliphatic rings. The minimum atomic E-state index is -0.284. The van der Waals surface area contributed by atoms with Crippen molar-refractivity contribution in [3.63, 3.8) is 0 Å². The Bertz CT molecular complexity index is 443. The fourth-order valence-corrected chi connectivity index (χ4v) is 2.40. The van der Waals surface area contributed by atoms with Crippen molar-refractivity contribution in [2.24, 2.45) is 4.99 Å². The van der Waals surface area contributed by atoms with Crippen LogP contribution in [-0.4, -0.2) is 30.0 Å². The van der Waals surface area contributed by atoms with E-state index in [0.717, 1.165) is 29.6 Å². The highest BCUT2D eigenvalue weighted by atomic mass is 32.2. The van der Waals surface area contributed by atoms with Crippen LogP contribution in [0.1, 0.15) is 23.7 Å². The lowest BCUT2D eigenvalue weighted by atomic mass is 10.2. The van der Waals surface area contributed by atoms with Crippen molar-refractivity contribution in [1.82, 2.24) is 0 Å². The molecule has 0 unspecified atom stereocenters. The fraction of sp³-hybridized carbons (Fsp3) is 0.385. The van der Waals surface area contributed by atoms with Crippen molar-refractivity contribution >= 4 is 28.6 Å². The number of rotatable bonds is 3. The number of hydrogen-bond acceptors (Lipinski definition) is 5. The lowest BCUT2D eigenvalue weighted by Gasteiger charge is -2.13. The average Bonchev–Trinajstić information content (AvgIpc) is 2.41. The Kier molecular flexibility index (Phi) is 4.64. The first-order valence-electron chi connectivity index (χ1n) is 6.01. The van der Waals surface area contributed by atoms with E-state index in [-0.39, 0.29) is 5.97 Å². The molecule has 4 nitrogen and oxygen atoms in total. The average molecular weight is 264 g/mol. The number of nitrogens with one attached hydrogen (secondary N) is 1. The lowest BCUT2D eigenvalue weighted by molar-refractivity contribution is 0.0526. The molecule has 0 spiro atoms. The zero-order valence-electron chi connectivity index (χ0n) is 10.3. The second-order valence-corrected chi connectivity index (χ2v) is 4.90. The SMILES string of the molecule is CCOC(=O)c1ccc(NC2=NCCCS2)cc1. The maximum atomic E-state index is 11.5. The highest BCUT2D eigenvalue weighted by Gasteiger charge is 2.08. The Morgan fingerprint density at radius 2 is 2.22 bits per heavy atom. The predicted octanol–water partition coefficient (Wildman–Crippen LogP) is 2.77. The highest BCUT2D eigenvalue weighted by molar-refractivity contribution is 8.14. The molecule has 1 aromatic rings. The van der Waals surface area contributed by atoms with Crippen LogP contribution in [0, 0.1) is 0 Å². The number of amidine groups is 1. The second-order valence-electron chi connectivity index (χ2n) is 3.81. The maximum absolute atomic E-state index is 11.5. The van der Waals surface area contributed by atoms with Crippen LogP contribution in [0.4, 0.5) is 5.69 Å². The third kappa shape index (κ3) is 3.50. The van der Waals surface area contributed by atoms with E-state index in [9.17, 15) is 4.79 Å². The Labute approximate surface area is 111 Å². The third-order valence-corrected chi connectivity index (χ3v) is 3.44. The van der Waals surface area contributed by atoms with E-state index in [1.54, 1.807) is 30.8 Å². The van der Waals surface area contributed by atoms with E-state index in [4.69, 9.17) is 4.74 Å². The number of ether oxygens (including phenoxy) is 1. The van der Waals surface area contributed by atoms with Gasteiger partial charge in [0.05, 0.1) is 12.2 Å². The van der Waals surface area contributed by atoms with Gasteiger partial charge in [-0.1, -0.05) is 11.8 Å². The van der Waals surface area contributed by atoms with Crippen LogP contribution >= 0.6 is 11.8 Å². The number of nitrogens with zero attached hydrogens (tertiary/aromatic N) is 1. The summed E-state index contributed by atoms with van der Waals surface area (Å²) in [4.78, 5) is 15.9. The summed E-state index contributed by atoms with van der Waals surface area (Å²) in [5, 5.41) is 4.19. The molecule has 0 saturated carbocycles. The molecule has 0 aliphatic carbocycles. The normalized spacial score (nSPS) is 14.8. The Morgan fingerprint density at radius 1 is 1.44 bits per heavy atom. The largest absolute Gasteiger partial charge is 0.462 e. The minimum absolute atomic E-state index is 0.284. The first kappa shape index (κ1) is 13.0. The van der Waals surface area contributed by atoms with Crippen LogP contribution in [0.5, 0.6) is 0 Å². The van der Waals surface area contributed by atoms with Crippen LogP contribution in [0.25, 0.3) is 0 Å². The fourth-order valence-electron chi connectivity index (χ4n) is 1.56. The van der Waals surface area contributed by atoms with Crippen molar-refractivity contribution in [3.8, 4) is 0 Å². The molecule has 0 amide bonds. The van der Waals surface area contributed by atoms with Gasteiger partial charge >= 0.3 is 5.97 Å². The summed E-state index contributed by atoms with van der Waals surface area (Å²) >= 11 is 1.72. The number of aliphatic imine (C=N–C) groups is 1. The maximum Gasteiger partial charge on any atom is 0.338 e. The molecular formula is C13H16N2O2S. The van der Waals surface area contributed by atoms with Gasteiger partial charge in [-0.05, 0) is 37.6 Å². The standard InChI is InChI=1S/C13H16N2O2S/c1-2-17-12(16)10-4-6-11(7-5-10)15-13-14-8-3-9-18-13/h4-7H,2-3,8-9H2,1H3,(H,14,15). The second kappa shape index (κ2) is 6.44. The number of anilines is 1. The van der Waals surface area contributed by atoms with Crippen LogP contribution in [0.3, 0.4) is 0 Å². The Balaban J connectivity index is 1.99. The van der Waals surface area contributed by atoms with Gasteiger partial charge in [0.25, 0.3) is 0 Å². The van der Waals surface area contributed by atoms with Crippen LogP contribution in [0.15, 0.2) is 29.3 Å². The van der Waals surface area contributed by atoms with Crippen molar-refractivity contribution < 1.29 is 9.53 Å². The van der Waals surface area contributed by atoms with Crippen molar-refractivity contribution in [2.45, 2.75) is 13.3 Å². The Morgan fingerprint density at radius 3 is 2.83 bits per heavy atom. The first-order chi connectivity index (χ1) is 8.79. The van der Waals surface area contributed by atoms with Crippen molar-refractivity contribution in [2.75, 3.05) is 24.2 Å². The molecule has 0 aromatic heterocycles. The van der Waals surface area contributed by atoms with E-state index in [0.29, 0.717) is 12.2 Å². The summed E-state index contributed by atoms with van der Waals surface area (Å²) in [6, 6.07) is 7.25. The van der Waals surface area contributed by atoms with Gasteiger partial charge in [-0.25, -0.2) is 4.79 Å². The van der Waals surface area contributed by atoms with Gasteiger partial charge < -0.3 is 10.1 Å². The van der Waals surface area contributed by atoms with E-state index in [1.165, 1.54) is 0 Å². The van der Waals surface area contributed by atoms with Crippen molar-refractivity contribution in [3.05, 3.63) is 29.8 Å². The topological polar surface area (TPSA) is 50.7 Å². The van der Waals surface area contributed by atoms with Gasteiger partial charge in [0.1, 0.15) is 0 Å². The van der Waals surface area contributed by atoms with Gasteiger partial charge in [-0.3, -0.25) is 4.99 Å². The van der Waals surface area contributed by atoms with Crippen LogP contribution < -0.4 is 5.32 Å². The molecule has 0 saturated heterocycles. The molecule has 1 heterocycles. The molecular weight excluding hydrogens is 248 g/mol. The Hall–Kier alpha value is -1.49. The summed E-state index contributed by atoms with van der Waals surface area (Å²) in [6.07, 6.45) is 1.14. The molecule has 1 N–H and O–H groups in total. The molecule has 1 aliphatic heterocycles. The zero-order valence-corrected chi connectivity index (χ0v) is 11.1. The van der Waals surface area contributed by atoms with Gasteiger partial charge in [-0.15, -0.1) is 0 Å². The van der Waals surface area contributed by atoms with Gasteiger partial charge in [0.15, 0.2) is 5.17 Å². The molecule has 0 fully saturated rings. The monoisotopic (exact) mass is 264 g/mol. The molecule has 96 valence electrons. The summed E-state index contributed by atoms with van der Waals surface area (Å²) in [7, 11) is 0. The van der Waals surface area contributed by atoms with E-state index < -0.39 is 0 Å². The van der Waals surface area contributed by atoms with Gasteiger partial charge in [0.2, 0.25) is 0 Å². The number of thioether (sulfide) groups is 1. The number of esters is 1. The third-order valence-electron chi connectivity index (χ3n) is 2.44. The van der Waals surface area contributed by atoms with Gasteiger partial charge in [0, 0.05) is 18.0 Å². The predicted molar refractivity (Wildman–Crippen MR) is 75.4 cm³/mol. The number of benzene rings is 1. The van der Waals surface area contributed by atoms with Gasteiger partial charge in [-0.2, -0.15) is 0 Å². The molecule has 5 heteroatoms. The summed E-state index contributed by atoms with van der Waals surface area (Å²) in [5.74, 6) is 0.820. The summed E-state index contributed by atoms with van der Waals surface area (Å²) in [6.45, 7) is 3.08. The van der Waals surface area contributed by atoms with Crippen LogP contribution in [0.2, 0.25) is 0 Å². The molecule has 0 radical (unpaired) electrons. The number of hydrogen-bond donors (Lipinski definition) is 1. The summed E-state index contributed by atoms with van der Waals surface area (Å²) in [5.41, 5.74) is 1.51. The van der Waals surface area contributed by atoms with Crippen molar-refractivity contribution in [1.29, 1.82) is 0 Å². The highest BCUT2D eigenvalue weighted by Crippen LogP contribution is 2.17. The van der Waals surface area contributed by atoms with E-state index in [1.807, 2.05) is 12.1 Å². The molecule has 0 atom stereocenters. The first-order valence-corrected chi connectivity index (χ1v) is 6.99. The quantitative estimate of drug-likeness (QED) is 0.853. The number of carbonyl (C=O) groups excluding carboxylic acids is 1. The zero-order chi connectivity index (χ0) is 12.8. The molecule has 18 heavy (non-hydrogen) atoms. The number of carbonyl (C=O) groups is 1. The molecule has 2 rings (SSSR count). The minimum Gasteiger partial charge on any atom is -0.462 e. The van der Waals surface area contributed by atoms with E-state index in [2.05, 4.69) is 10.3 Å². The smallest absolute Gasteiger partial charge is 0.338 e. The summed E-state index contributed by atoms with van der Waals surface area (Å²) < 4.78 is 4.93. The van der Waals surface area contributed by atoms with E-state index >= 15 is 0 Å².